The predicted molar refractivity (Wildman–Crippen MR) is 69.8 cm³/mol. The van der Waals surface area contributed by atoms with Crippen molar-refractivity contribution >= 4 is 26.8 Å². The second-order valence-corrected chi connectivity index (χ2v) is 6.15. The molecule has 0 aliphatic rings. The molecule has 0 radical (unpaired) electrons. The molecular weight excluding hydrogens is 268 g/mol. The van der Waals surface area contributed by atoms with E-state index < -0.39 is 15.8 Å². The lowest BCUT2D eigenvalue weighted by atomic mass is 10.3. The van der Waals surface area contributed by atoms with Crippen LogP contribution < -0.4 is 0 Å². The Morgan fingerprint density at radius 2 is 2.11 bits per heavy atom. The third-order valence-electron chi connectivity index (χ3n) is 2.74. The number of rotatable bonds is 3. The monoisotopic (exact) mass is 282 g/mol. The molecule has 19 heavy (non-hydrogen) atoms. The van der Waals surface area contributed by atoms with Crippen LogP contribution >= 0.6 is 0 Å². The number of benzene rings is 1. The molecular formula is C12H14N2O4S. The number of nitrogens with zero attached hydrogens (tertiary/aromatic N) is 2. The fraction of sp³-hybridized carbons (Fsp3) is 0.333. The zero-order chi connectivity index (χ0) is 14.2. The maximum atomic E-state index is 11.7. The quantitative estimate of drug-likeness (QED) is 0.789. The van der Waals surface area contributed by atoms with E-state index in [1.807, 2.05) is 0 Å². The van der Waals surface area contributed by atoms with Gasteiger partial charge >= 0.3 is 5.97 Å². The second kappa shape index (κ2) is 4.65. The average molecular weight is 282 g/mol. The number of hydrogen-bond acceptors (Lipinski definition) is 5. The van der Waals surface area contributed by atoms with E-state index in [0.717, 1.165) is 6.26 Å². The highest BCUT2D eigenvalue weighted by Crippen LogP contribution is 2.20. The summed E-state index contributed by atoms with van der Waals surface area (Å²) in [6, 6.07) is 4.57. The van der Waals surface area contributed by atoms with Gasteiger partial charge in [0.05, 0.1) is 22.5 Å². The van der Waals surface area contributed by atoms with Crippen molar-refractivity contribution in [1.29, 1.82) is 0 Å². The number of carbonyl (C=O) groups is 1. The lowest BCUT2D eigenvalue weighted by Crippen LogP contribution is -2.11. The molecule has 1 aromatic carbocycles. The van der Waals surface area contributed by atoms with Crippen molar-refractivity contribution in [3.63, 3.8) is 0 Å². The van der Waals surface area contributed by atoms with Crippen LogP contribution in [0.1, 0.15) is 17.5 Å². The van der Waals surface area contributed by atoms with E-state index in [2.05, 4.69) is 4.98 Å². The molecule has 102 valence electrons. The third-order valence-corrected chi connectivity index (χ3v) is 3.85. The van der Waals surface area contributed by atoms with E-state index in [1.54, 1.807) is 24.6 Å². The van der Waals surface area contributed by atoms with E-state index in [9.17, 15) is 13.2 Å². The molecule has 2 aromatic rings. The fourth-order valence-corrected chi connectivity index (χ4v) is 2.43. The molecule has 0 atom stereocenters. The van der Waals surface area contributed by atoms with Crippen LogP contribution in [0, 0.1) is 0 Å². The average Bonchev–Trinajstić information content (AvgIpc) is 2.66. The SMILES string of the molecule is CCOC(=O)c1nc2cc(S(C)(=O)=O)ccc2n1C. The Balaban J connectivity index is 2.60. The summed E-state index contributed by atoms with van der Waals surface area (Å²) in [5.74, 6) is -0.371. The molecule has 1 aromatic heterocycles. The minimum Gasteiger partial charge on any atom is -0.460 e. The molecule has 0 bridgehead atoms. The number of sulfone groups is 1. The number of fused-ring (bicyclic) bond motifs is 1. The smallest absolute Gasteiger partial charge is 0.374 e. The zero-order valence-corrected chi connectivity index (χ0v) is 11.7. The molecule has 7 heteroatoms. The molecule has 0 saturated heterocycles. The van der Waals surface area contributed by atoms with E-state index in [-0.39, 0.29) is 17.3 Å². The molecule has 0 spiro atoms. The van der Waals surface area contributed by atoms with Crippen molar-refractivity contribution in [3.05, 3.63) is 24.0 Å². The van der Waals surface area contributed by atoms with Crippen LogP contribution in [0.2, 0.25) is 0 Å². The summed E-state index contributed by atoms with van der Waals surface area (Å²) in [5.41, 5.74) is 1.13. The van der Waals surface area contributed by atoms with Crippen LogP contribution in [0.4, 0.5) is 0 Å². The fourth-order valence-electron chi connectivity index (χ4n) is 1.79. The lowest BCUT2D eigenvalue weighted by molar-refractivity contribution is 0.0508. The van der Waals surface area contributed by atoms with Gasteiger partial charge in [-0.1, -0.05) is 0 Å². The summed E-state index contributed by atoms with van der Waals surface area (Å²) in [6.45, 7) is 1.97. The first-order valence-corrected chi connectivity index (χ1v) is 7.57. The summed E-state index contributed by atoms with van der Waals surface area (Å²) < 4.78 is 29.4. The molecule has 0 saturated carbocycles. The molecule has 0 amide bonds. The van der Waals surface area contributed by atoms with Gasteiger partial charge in [0.1, 0.15) is 0 Å². The number of aryl methyl sites for hydroxylation is 1. The Kier molecular flexibility index (Phi) is 3.32. The molecule has 0 N–H and O–H groups in total. The summed E-state index contributed by atoms with van der Waals surface area (Å²) in [6.07, 6.45) is 1.13. The van der Waals surface area contributed by atoms with Crippen LogP contribution in [0.5, 0.6) is 0 Å². The third kappa shape index (κ3) is 2.46. The van der Waals surface area contributed by atoms with Gasteiger partial charge < -0.3 is 9.30 Å². The van der Waals surface area contributed by atoms with Gasteiger partial charge in [0, 0.05) is 13.3 Å². The number of aromatic nitrogens is 2. The van der Waals surface area contributed by atoms with Gasteiger partial charge in [-0.3, -0.25) is 0 Å². The predicted octanol–water partition coefficient (Wildman–Crippen LogP) is 1.15. The van der Waals surface area contributed by atoms with Gasteiger partial charge in [-0.05, 0) is 25.1 Å². The normalized spacial score (nSPS) is 11.7. The van der Waals surface area contributed by atoms with Gasteiger partial charge in [0.25, 0.3) is 0 Å². The first-order valence-electron chi connectivity index (χ1n) is 5.68. The minimum absolute atomic E-state index is 0.155. The maximum absolute atomic E-state index is 11.7. The Labute approximate surface area is 110 Å². The number of imidazole rings is 1. The Morgan fingerprint density at radius 3 is 2.68 bits per heavy atom. The van der Waals surface area contributed by atoms with Crippen LogP contribution in [0.25, 0.3) is 11.0 Å². The Bertz CT molecular complexity index is 746. The molecule has 0 unspecified atom stereocenters. The highest BCUT2D eigenvalue weighted by atomic mass is 32.2. The molecule has 0 fully saturated rings. The number of esters is 1. The standard InChI is InChI=1S/C12H14N2O4S/c1-4-18-12(15)11-13-9-7-8(19(3,16)17)5-6-10(9)14(11)2/h5-7H,4H2,1-3H3. The summed E-state index contributed by atoms with van der Waals surface area (Å²) >= 11 is 0. The molecule has 6 nitrogen and oxygen atoms in total. The highest BCUT2D eigenvalue weighted by molar-refractivity contribution is 7.90. The van der Waals surface area contributed by atoms with Crippen LogP contribution in [-0.2, 0) is 21.6 Å². The van der Waals surface area contributed by atoms with Crippen molar-refractivity contribution in [2.24, 2.45) is 7.05 Å². The van der Waals surface area contributed by atoms with Crippen molar-refractivity contribution in [2.75, 3.05) is 12.9 Å². The number of carbonyl (C=O) groups excluding carboxylic acids is 1. The number of ether oxygens (including phenoxy) is 1. The second-order valence-electron chi connectivity index (χ2n) is 4.14. The van der Waals surface area contributed by atoms with E-state index >= 15 is 0 Å². The first-order chi connectivity index (χ1) is 8.84. The van der Waals surface area contributed by atoms with Gasteiger partial charge in [-0.15, -0.1) is 0 Å². The van der Waals surface area contributed by atoms with Crippen molar-refractivity contribution < 1.29 is 17.9 Å². The van der Waals surface area contributed by atoms with E-state index in [4.69, 9.17) is 4.74 Å². The molecule has 1 heterocycles. The van der Waals surface area contributed by atoms with Gasteiger partial charge in [0.2, 0.25) is 5.82 Å². The van der Waals surface area contributed by atoms with Crippen molar-refractivity contribution in [2.45, 2.75) is 11.8 Å². The number of hydrogen-bond donors (Lipinski definition) is 0. The largest absolute Gasteiger partial charge is 0.460 e. The molecule has 0 aliphatic carbocycles. The van der Waals surface area contributed by atoms with Gasteiger partial charge in [-0.25, -0.2) is 18.2 Å². The topological polar surface area (TPSA) is 78.3 Å². The lowest BCUT2D eigenvalue weighted by Gasteiger charge is -2.01. The molecule has 2 rings (SSSR count). The molecule has 0 aliphatic heterocycles. The summed E-state index contributed by atoms with van der Waals surface area (Å²) in [4.78, 5) is 16.0. The van der Waals surface area contributed by atoms with Gasteiger partial charge in [-0.2, -0.15) is 0 Å². The summed E-state index contributed by atoms with van der Waals surface area (Å²) in [5, 5.41) is 0. The summed E-state index contributed by atoms with van der Waals surface area (Å²) in [7, 11) is -1.61. The Morgan fingerprint density at radius 1 is 1.42 bits per heavy atom. The maximum Gasteiger partial charge on any atom is 0.374 e. The first kappa shape index (κ1) is 13.5. The van der Waals surface area contributed by atoms with Crippen LogP contribution in [0.15, 0.2) is 23.1 Å². The minimum atomic E-state index is -3.29. The van der Waals surface area contributed by atoms with Crippen molar-refractivity contribution in [1.82, 2.24) is 9.55 Å². The Hall–Kier alpha value is -1.89. The van der Waals surface area contributed by atoms with Gasteiger partial charge in [0.15, 0.2) is 9.84 Å². The van der Waals surface area contributed by atoms with E-state index in [1.165, 1.54) is 12.1 Å². The van der Waals surface area contributed by atoms with Crippen molar-refractivity contribution in [3.8, 4) is 0 Å². The zero-order valence-electron chi connectivity index (χ0n) is 10.9. The van der Waals surface area contributed by atoms with Crippen LogP contribution in [0.3, 0.4) is 0 Å². The van der Waals surface area contributed by atoms with Crippen LogP contribution in [-0.4, -0.2) is 36.8 Å². The highest BCUT2D eigenvalue weighted by Gasteiger charge is 2.17. The van der Waals surface area contributed by atoms with E-state index in [0.29, 0.717) is 11.0 Å².